The lowest BCUT2D eigenvalue weighted by atomic mass is 10.2. The fraction of sp³-hybridized carbons (Fsp3) is 0.100. The largest absolute Gasteiger partial charge is 0.325 e. The third-order valence-electron chi connectivity index (χ3n) is 1.98. The number of nitrogens with zero attached hydrogens (tertiary/aromatic N) is 1. The summed E-state index contributed by atoms with van der Waals surface area (Å²) in [5.74, 6) is -0.232. The van der Waals surface area contributed by atoms with Crippen molar-refractivity contribution in [3.63, 3.8) is 0 Å². The van der Waals surface area contributed by atoms with Gasteiger partial charge in [0.15, 0.2) is 0 Å². The van der Waals surface area contributed by atoms with Crippen molar-refractivity contribution < 1.29 is 4.39 Å². The van der Waals surface area contributed by atoms with Crippen molar-refractivity contribution in [2.45, 2.75) is 6.54 Å². The van der Waals surface area contributed by atoms with E-state index in [9.17, 15) is 4.39 Å². The van der Waals surface area contributed by atoms with Crippen LogP contribution in [0.25, 0.3) is 10.9 Å². The monoisotopic (exact) mass is 302 g/mol. The first-order valence-electron chi connectivity index (χ1n) is 4.15. The molecule has 2 aromatic rings. The van der Waals surface area contributed by atoms with E-state index in [2.05, 4.69) is 27.6 Å². The predicted octanol–water partition coefficient (Wildman–Crippen LogP) is 2.44. The van der Waals surface area contributed by atoms with E-state index in [-0.39, 0.29) is 5.82 Å². The molecule has 14 heavy (non-hydrogen) atoms. The summed E-state index contributed by atoms with van der Waals surface area (Å²) >= 11 is 2.07. The fourth-order valence-corrected chi connectivity index (χ4v) is 2.04. The topological polar surface area (TPSA) is 38.9 Å². The molecule has 1 heterocycles. The van der Waals surface area contributed by atoms with E-state index in [0.717, 1.165) is 20.2 Å². The van der Waals surface area contributed by atoms with Crippen molar-refractivity contribution in [1.82, 2.24) is 4.98 Å². The van der Waals surface area contributed by atoms with E-state index in [1.165, 1.54) is 12.1 Å². The van der Waals surface area contributed by atoms with Crippen LogP contribution in [-0.2, 0) is 6.54 Å². The first kappa shape index (κ1) is 9.79. The Hall–Kier alpha value is -0.750. The molecule has 0 bridgehead atoms. The molecule has 1 aromatic heterocycles. The molecule has 0 atom stereocenters. The first-order valence-corrected chi connectivity index (χ1v) is 5.23. The lowest BCUT2D eigenvalue weighted by molar-refractivity contribution is 0.628. The maximum Gasteiger partial charge on any atom is 0.125 e. The second kappa shape index (κ2) is 3.78. The van der Waals surface area contributed by atoms with Crippen LogP contribution in [0.4, 0.5) is 4.39 Å². The molecular formula is C10H8FIN2. The van der Waals surface area contributed by atoms with E-state index in [0.29, 0.717) is 6.54 Å². The zero-order valence-electron chi connectivity index (χ0n) is 7.30. The molecular weight excluding hydrogens is 294 g/mol. The van der Waals surface area contributed by atoms with Crippen molar-refractivity contribution in [1.29, 1.82) is 0 Å². The van der Waals surface area contributed by atoms with Crippen LogP contribution >= 0.6 is 22.6 Å². The number of halogens is 2. The van der Waals surface area contributed by atoms with Crippen molar-refractivity contribution in [2.24, 2.45) is 5.73 Å². The minimum absolute atomic E-state index is 0.232. The van der Waals surface area contributed by atoms with Gasteiger partial charge in [0.1, 0.15) is 5.82 Å². The molecule has 0 aliphatic carbocycles. The second-order valence-corrected chi connectivity index (χ2v) is 4.13. The van der Waals surface area contributed by atoms with Gasteiger partial charge in [0.05, 0.1) is 11.2 Å². The summed E-state index contributed by atoms with van der Waals surface area (Å²) in [5, 5.41) is 0.812. The molecule has 2 rings (SSSR count). The number of benzene rings is 1. The van der Waals surface area contributed by atoms with Crippen LogP contribution in [0.5, 0.6) is 0 Å². The van der Waals surface area contributed by atoms with E-state index in [1.54, 1.807) is 0 Å². The summed E-state index contributed by atoms with van der Waals surface area (Å²) < 4.78 is 13.8. The predicted molar refractivity (Wildman–Crippen MR) is 62.3 cm³/mol. The number of pyridine rings is 1. The summed E-state index contributed by atoms with van der Waals surface area (Å²) in [5.41, 5.74) is 7.12. The van der Waals surface area contributed by atoms with Crippen molar-refractivity contribution in [2.75, 3.05) is 0 Å². The summed E-state index contributed by atoms with van der Waals surface area (Å²) in [6.45, 7) is 0.406. The zero-order valence-corrected chi connectivity index (χ0v) is 9.45. The average molecular weight is 302 g/mol. The standard InChI is InChI=1S/C10H8FIN2/c11-7-3-6-1-2-8(5-13)14-10(6)9(12)4-7/h1-4H,5,13H2. The molecule has 1 aromatic carbocycles. The number of hydrogen-bond acceptors (Lipinski definition) is 2. The Morgan fingerprint density at radius 1 is 1.36 bits per heavy atom. The highest BCUT2D eigenvalue weighted by Gasteiger charge is 2.03. The lowest BCUT2D eigenvalue weighted by Gasteiger charge is -2.02. The van der Waals surface area contributed by atoms with Crippen LogP contribution in [0.1, 0.15) is 5.69 Å². The van der Waals surface area contributed by atoms with Crippen molar-refractivity contribution in [3.8, 4) is 0 Å². The third kappa shape index (κ3) is 1.72. The number of hydrogen-bond donors (Lipinski definition) is 1. The number of aromatic nitrogens is 1. The Bertz CT molecular complexity index is 485. The number of nitrogens with two attached hydrogens (primary N) is 1. The summed E-state index contributed by atoms with van der Waals surface area (Å²) in [7, 11) is 0. The van der Waals surface area contributed by atoms with Crippen LogP contribution < -0.4 is 5.73 Å². The average Bonchev–Trinajstić information content (AvgIpc) is 2.17. The molecule has 0 saturated carbocycles. The molecule has 0 radical (unpaired) electrons. The highest BCUT2D eigenvalue weighted by Crippen LogP contribution is 2.20. The number of rotatable bonds is 1. The van der Waals surface area contributed by atoms with Crippen LogP contribution in [0.15, 0.2) is 24.3 Å². The second-order valence-electron chi connectivity index (χ2n) is 2.97. The highest BCUT2D eigenvalue weighted by molar-refractivity contribution is 14.1. The Labute approximate surface area is 94.5 Å². The summed E-state index contributed by atoms with van der Waals surface area (Å²) in [6, 6.07) is 6.61. The molecule has 72 valence electrons. The van der Waals surface area contributed by atoms with E-state index in [1.807, 2.05) is 12.1 Å². The Morgan fingerprint density at radius 3 is 2.86 bits per heavy atom. The molecule has 0 aliphatic heterocycles. The summed E-state index contributed by atoms with van der Waals surface area (Å²) in [4.78, 5) is 4.34. The van der Waals surface area contributed by atoms with Gasteiger partial charge in [-0.15, -0.1) is 0 Å². The van der Waals surface area contributed by atoms with Gasteiger partial charge in [-0.3, -0.25) is 4.98 Å². The molecule has 2 nitrogen and oxygen atoms in total. The van der Waals surface area contributed by atoms with Gasteiger partial charge in [-0.25, -0.2) is 4.39 Å². The van der Waals surface area contributed by atoms with Gasteiger partial charge in [-0.2, -0.15) is 0 Å². The third-order valence-corrected chi connectivity index (χ3v) is 2.80. The van der Waals surface area contributed by atoms with Crippen molar-refractivity contribution in [3.05, 3.63) is 39.3 Å². The van der Waals surface area contributed by atoms with Gasteiger partial charge >= 0.3 is 0 Å². The summed E-state index contributed by atoms with van der Waals surface area (Å²) in [6.07, 6.45) is 0. The Morgan fingerprint density at radius 2 is 2.14 bits per heavy atom. The molecule has 0 aliphatic rings. The SMILES string of the molecule is NCc1ccc2cc(F)cc(I)c2n1. The first-order chi connectivity index (χ1) is 6.70. The van der Waals surface area contributed by atoms with Crippen LogP contribution in [-0.4, -0.2) is 4.98 Å². The molecule has 0 unspecified atom stereocenters. The Kier molecular flexibility index (Phi) is 2.64. The molecule has 4 heteroatoms. The fourth-order valence-electron chi connectivity index (χ4n) is 1.31. The van der Waals surface area contributed by atoms with Gasteiger partial charge < -0.3 is 5.73 Å². The quantitative estimate of drug-likeness (QED) is 0.822. The maximum atomic E-state index is 13.0. The molecule has 0 spiro atoms. The van der Waals surface area contributed by atoms with Gasteiger partial charge in [-0.1, -0.05) is 6.07 Å². The maximum absolute atomic E-state index is 13.0. The van der Waals surface area contributed by atoms with E-state index in [4.69, 9.17) is 5.73 Å². The minimum atomic E-state index is -0.232. The minimum Gasteiger partial charge on any atom is -0.325 e. The smallest absolute Gasteiger partial charge is 0.125 e. The van der Waals surface area contributed by atoms with Gasteiger partial charge in [0, 0.05) is 15.5 Å². The molecule has 2 N–H and O–H groups in total. The molecule has 0 saturated heterocycles. The highest BCUT2D eigenvalue weighted by atomic mass is 127. The molecule has 0 fully saturated rings. The normalized spacial score (nSPS) is 10.8. The molecule has 0 amide bonds. The van der Waals surface area contributed by atoms with Gasteiger partial charge in [-0.05, 0) is 40.8 Å². The van der Waals surface area contributed by atoms with E-state index >= 15 is 0 Å². The lowest BCUT2D eigenvalue weighted by Crippen LogP contribution is -1.99. The van der Waals surface area contributed by atoms with Gasteiger partial charge in [0.2, 0.25) is 0 Å². The van der Waals surface area contributed by atoms with E-state index < -0.39 is 0 Å². The van der Waals surface area contributed by atoms with Crippen LogP contribution in [0.2, 0.25) is 0 Å². The zero-order chi connectivity index (χ0) is 10.1. The van der Waals surface area contributed by atoms with Crippen LogP contribution in [0.3, 0.4) is 0 Å². The number of fused-ring (bicyclic) bond motifs is 1. The Balaban J connectivity index is 2.75. The van der Waals surface area contributed by atoms with Gasteiger partial charge in [0.25, 0.3) is 0 Å². The van der Waals surface area contributed by atoms with Crippen molar-refractivity contribution >= 4 is 33.5 Å². The van der Waals surface area contributed by atoms with Crippen LogP contribution in [0, 0.1) is 9.39 Å².